The van der Waals surface area contributed by atoms with Crippen LogP contribution in [-0.2, 0) is 7.05 Å². The van der Waals surface area contributed by atoms with Crippen molar-refractivity contribution in [2.24, 2.45) is 7.05 Å². The summed E-state index contributed by atoms with van der Waals surface area (Å²) in [5.41, 5.74) is 4.62. The van der Waals surface area contributed by atoms with Gasteiger partial charge in [0.05, 0.1) is 0 Å². The van der Waals surface area contributed by atoms with Gasteiger partial charge in [0.1, 0.15) is 12.6 Å². The Bertz CT molecular complexity index is 897. The van der Waals surface area contributed by atoms with Gasteiger partial charge in [0.25, 0.3) is 0 Å². The van der Waals surface area contributed by atoms with Crippen LogP contribution in [0, 0.1) is 6.92 Å². The van der Waals surface area contributed by atoms with Crippen LogP contribution in [0.25, 0.3) is 17.0 Å². The molecule has 0 saturated heterocycles. The molecule has 0 spiro atoms. The van der Waals surface area contributed by atoms with Gasteiger partial charge in [-0.05, 0) is 32.2 Å². The van der Waals surface area contributed by atoms with E-state index in [1.54, 1.807) is 0 Å². The molecule has 108 valence electrons. The van der Waals surface area contributed by atoms with E-state index in [0.717, 1.165) is 11.5 Å². The Hall–Kier alpha value is -2.49. The van der Waals surface area contributed by atoms with Crippen LogP contribution in [0.3, 0.4) is 0 Å². The lowest BCUT2D eigenvalue weighted by molar-refractivity contribution is -0.654. The van der Waals surface area contributed by atoms with Gasteiger partial charge in [0.15, 0.2) is 17.7 Å². The largest absolute Gasteiger partial charge is 0.441 e. The predicted octanol–water partition coefficient (Wildman–Crippen LogP) is 2.47. The summed E-state index contributed by atoms with van der Waals surface area (Å²) in [5.74, 6) is 3.18. The van der Waals surface area contributed by atoms with Crippen LogP contribution >= 0.6 is 0 Å². The highest BCUT2D eigenvalue weighted by Gasteiger charge is 2.34. The number of nitrogens with zero attached hydrogens (tertiary/aromatic N) is 2. The zero-order valence-corrected chi connectivity index (χ0v) is 13.1. The first-order valence-corrected chi connectivity index (χ1v) is 7.54. The molecule has 1 aliphatic rings. The second-order valence-electron chi connectivity index (χ2n) is 5.97. The average molecular weight is 289 g/mol. The maximum atomic E-state index is 6.08. The van der Waals surface area contributed by atoms with Crippen LogP contribution in [0.2, 0.25) is 0 Å². The molecule has 0 atom stereocenters. The van der Waals surface area contributed by atoms with Crippen molar-refractivity contribution in [2.45, 2.75) is 6.92 Å². The SMILES string of the molecule is Cc1ccc(B2C=Cc3c(oc4ccccc34)N2C)[n+](C)c1. The molecule has 2 aromatic heterocycles. The van der Waals surface area contributed by atoms with Crippen molar-refractivity contribution in [1.82, 2.24) is 0 Å². The van der Waals surface area contributed by atoms with Crippen molar-refractivity contribution >= 4 is 35.4 Å². The van der Waals surface area contributed by atoms with Gasteiger partial charge in [-0.25, -0.2) is 4.57 Å². The lowest BCUT2D eigenvalue weighted by Crippen LogP contribution is -2.60. The van der Waals surface area contributed by atoms with Gasteiger partial charge in [-0.2, -0.15) is 0 Å². The molecule has 0 amide bonds. The number of rotatable bonds is 1. The number of benzene rings is 1. The summed E-state index contributed by atoms with van der Waals surface area (Å²) in [5, 5.41) is 1.17. The lowest BCUT2D eigenvalue weighted by Gasteiger charge is -2.24. The topological polar surface area (TPSA) is 20.3 Å². The minimum Gasteiger partial charge on any atom is -0.441 e. The molecule has 3 nitrogen and oxygen atoms in total. The zero-order valence-electron chi connectivity index (χ0n) is 13.1. The summed E-state index contributed by atoms with van der Waals surface area (Å²) in [6.45, 7) is 2.29. The van der Waals surface area contributed by atoms with Gasteiger partial charge in [-0.1, -0.05) is 30.3 Å². The van der Waals surface area contributed by atoms with E-state index in [1.807, 2.05) is 12.1 Å². The smallest absolute Gasteiger partial charge is 0.398 e. The van der Waals surface area contributed by atoms with E-state index in [0.29, 0.717) is 0 Å². The van der Waals surface area contributed by atoms with Crippen molar-refractivity contribution in [3.05, 3.63) is 59.7 Å². The summed E-state index contributed by atoms with van der Waals surface area (Å²) in [6, 6.07) is 12.6. The molecular formula is C18H18BN2O+. The van der Waals surface area contributed by atoms with Gasteiger partial charge in [0, 0.05) is 16.5 Å². The van der Waals surface area contributed by atoms with Gasteiger partial charge in [-0.15, -0.1) is 0 Å². The Kier molecular flexibility index (Phi) is 2.86. The molecule has 4 rings (SSSR count). The highest BCUT2D eigenvalue weighted by atomic mass is 16.4. The summed E-state index contributed by atoms with van der Waals surface area (Å²) >= 11 is 0. The molecule has 0 saturated carbocycles. The fourth-order valence-electron chi connectivity index (χ4n) is 3.28. The fraction of sp³-hybridized carbons (Fsp3) is 0.167. The van der Waals surface area contributed by atoms with Crippen molar-refractivity contribution < 1.29 is 8.98 Å². The molecule has 0 bridgehead atoms. The van der Waals surface area contributed by atoms with Crippen LogP contribution in [0.4, 0.5) is 5.88 Å². The molecule has 0 unspecified atom stereocenters. The number of fused-ring (bicyclic) bond motifs is 3. The molecule has 0 aliphatic carbocycles. The first-order chi connectivity index (χ1) is 10.6. The maximum Gasteiger partial charge on any atom is 0.398 e. The summed E-state index contributed by atoms with van der Waals surface area (Å²) < 4.78 is 8.27. The lowest BCUT2D eigenvalue weighted by atomic mass is 9.55. The van der Waals surface area contributed by atoms with Crippen LogP contribution in [-0.4, -0.2) is 13.9 Å². The number of furan rings is 1. The summed E-state index contributed by atoms with van der Waals surface area (Å²) in [4.78, 5) is 2.21. The third kappa shape index (κ3) is 1.87. The molecule has 4 heteroatoms. The van der Waals surface area contributed by atoms with Crippen LogP contribution in [0.1, 0.15) is 11.1 Å². The normalized spacial score (nSPS) is 13.8. The maximum absolute atomic E-state index is 6.08. The zero-order chi connectivity index (χ0) is 15.3. The van der Waals surface area contributed by atoms with E-state index in [2.05, 4.69) is 72.9 Å². The van der Waals surface area contributed by atoms with E-state index in [1.165, 1.54) is 22.1 Å². The molecule has 22 heavy (non-hydrogen) atoms. The molecule has 0 N–H and O–H groups in total. The van der Waals surface area contributed by atoms with Crippen molar-refractivity contribution in [2.75, 3.05) is 11.9 Å². The minimum atomic E-state index is 0.179. The van der Waals surface area contributed by atoms with Gasteiger partial charge < -0.3 is 9.23 Å². The second kappa shape index (κ2) is 4.77. The first kappa shape index (κ1) is 13.2. The van der Waals surface area contributed by atoms with E-state index in [4.69, 9.17) is 4.42 Å². The predicted molar refractivity (Wildman–Crippen MR) is 91.4 cm³/mol. The van der Waals surface area contributed by atoms with E-state index >= 15 is 0 Å². The van der Waals surface area contributed by atoms with Gasteiger partial charge in [-0.3, -0.25) is 0 Å². The molecule has 3 aromatic rings. The number of hydrogen-bond donors (Lipinski definition) is 0. The van der Waals surface area contributed by atoms with Crippen molar-refractivity contribution in [1.29, 1.82) is 0 Å². The molecule has 0 radical (unpaired) electrons. The number of anilines is 1. The van der Waals surface area contributed by atoms with Crippen molar-refractivity contribution in [3.8, 4) is 0 Å². The standard InChI is InChI=1S/C18H18BN2O/c1-13-8-9-17(20(2)12-13)19-11-10-15-14-6-4-5-7-16(14)22-18(15)21(19)3/h4-12H,1-3H3/q+1. The van der Waals surface area contributed by atoms with Crippen LogP contribution < -0.4 is 15.0 Å². The van der Waals surface area contributed by atoms with Crippen LogP contribution in [0.5, 0.6) is 0 Å². The van der Waals surface area contributed by atoms with Gasteiger partial charge in [0.2, 0.25) is 0 Å². The Morgan fingerprint density at radius 1 is 1.14 bits per heavy atom. The van der Waals surface area contributed by atoms with E-state index in [-0.39, 0.29) is 6.85 Å². The monoisotopic (exact) mass is 289 g/mol. The Balaban J connectivity index is 1.84. The van der Waals surface area contributed by atoms with Crippen molar-refractivity contribution in [3.63, 3.8) is 0 Å². The van der Waals surface area contributed by atoms with Gasteiger partial charge >= 0.3 is 6.85 Å². The number of hydrogen-bond acceptors (Lipinski definition) is 2. The third-order valence-electron chi connectivity index (χ3n) is 4.42. The highest BCUT2D eigenvalue weighted by Crippen LogP contribution is 2.35. The number of para-hydroxylation sites is 1. The number of pyridine rings is 1. The molecular weight excluding hydrogens is 271 g/mol. The molecule has 1 aromatic carbocycles. The number of aryl methyl sites for hydroxylation is 2. The third-order valence-corrected chi connectivity index (χ3v) is 4.42. The molecule has 0 fully saturated rings. The summed E-state index contributed by atoms with van der Waals surface area (Å²) in [6.07, 6.45) is 4.34. The summed E-state index contributed by atoms with van der Waals surface area (Å²) in [7, 11) is 4.19. The Morgan fingerprint density at radius 3 is 2.77 bits per heavy atom. The number of aromatic nitrogens is 1. The average Bonchev–Trinajstić information content (AvgIpc) is 2.88. The Morgan fingerprint density at radius 2 is 1.95 bits per heavy atom. The second-order valence-corrected chi connectivity index (χ2v) is 5.97. The van der Waals surface area contributed by atoms with E-state index < -0.39 is 0 Å². The highest BCUT2D eigenvalue weighted by molar-refractivity contribution is 6.80. The van der Waals surface area contributed by atoms with E-state index in [9.17, 15) is 0 Å². The quantitative estimate of drug-likeness (QED) is 0.506. The minimum absolute atomic E-state index is 0.179. The Labute approximate surface area is 130 Å². The fourth-order valence-corrected chi connectivity index (χ4v) is 3.28. The van der Waals surface area contributed by atoms with Crippen LogP contribution in [0.15, 0.2) is 53.0 Å². The molecule has 1 aliphatic heterocycles. The first-order valence-electron chi connectivity index (χ1n) is 7.54. The molecule has 3 heterocycles.